The van der Waals surface area contributed by atoms with Gasteiger partial charge in [0.05, 0.1) is 6.54 Å². The molecule has 3 nitrogen and oxygen atoms in total. The van der Waals surface area contributed by atoms with Gasteiger partial charge in [0.1, 0.15) is 0 Å². The average Bonchev–Trinajstić information content (AvgIpc) is 2.46. The van der Waals surface area contributed by atoms with E-state index in [1.54, 1.807) is 0 Å². The Morgan fingerprint density at radius 2 is 1.60 bits per heavy atom. The Morgan fingerprint density at radius 3 is 2.15 bits per heavy atom. The zero-order chi connectivity index (χ0) is 14.8. The fourth-order valence-electron chi connectivity index (χ4n) is 2.45. The number of rotatable bonds is 6. The van der Waals surface area contributed by atoms with Gasteiger partial charge < -0.3 is 9.50 Å². The summed E-state index contributed by atoms with van der Waals surface area (Å²) in [5, 5.41) is 3.26. The molecular formula is C15H32NO2PS. The molecule has 1 fully saturated rings. The van der Waals surface area contributed by atoms with Crippen molar-refractivity contribution in [1.82, 2.24) is 5.32 Å². The van der Waals surface area contributed by atoms with Crippen LogP contribution in [0, 0.1) is 0 Å². The molecule has 1 saturated heterocycles. The van der Waals surface area contributed by atoms with Crippen molar-refractivity contribution in [2.45, 2.75) is 38.5 Å². The molecule has 0 spiro atoms. The largest absolute Gasteiger partial charge is 0.415 e. The maximum atomic E-state index is 11.6. The van der Waals surface area contributed by atoms with Crippen LogP contribution >= 0.6 is 18.2 Å². The fraction of sp³-hybridized carbons (Fsp3) is 0.933. The van der Waals surface area contributed by atoms with E-state index in [-0.39, 0.29) is 13.9 Å². The standard InChI is InChI=1S/C15H32NO2PS/c1-20(2,3)18-15(17)14-16-10-13-19-11-8-6-4-5-7-9-12-19/h16H,4-14H2,1-3H3. The first-order chi connectivity index (χ1) is 9.47. The van der Waals surface area contributed by atoms with Gasteiger partial charge in [0.25, 0.3) is 0 Å². The number of carbonyl (C=O) groups excluding carboxylic acids is 1. The Kier molecular flexibility index (Phi) is 9.15. The van der Waals surface area contributed by atoms with Crippen molar-refractivity contribution in [3.8, 4) is 0 Å². The summed E-state index contributed by atoms with van der Waals surface area (Å²) in [6, 6.07) is 0. The number of hydrogen-bond donors (Lipinski definition) is 1. The summed E-state index contributed by atoms with van der Waals surface area (Å²) >= 11 is 0. The van der Waals surface area contributed by atoms with E-state index in [1.165, 1.54) is 57.0 Å². The minimum Gasteiger partial charge on any atom is -0.415 e. The molecule has 0 unspecified atom stereocenters. The van der Waals surface area contributed by atoms with Crippen LogP contribution in [0.5, 0.6) is 0 Å². The monoisotopic (exact) mass is 321 g/mol. The van der Waals surface area contributed by atoms with E-state index in [0.29, 0.717) is 6.54 Å². The van der Waals surface area contributed by atoms with E-state index in [0.717, 1.165) is 6.54 Å². The van der Waals surface area contributed by atoms with Crippen molar-refractivity contribution in [2.24, 2.45) is 0 Å². The number of carbonyl (C=O) groups is 1. The van der Waals surface area contributed by atoms with Crippen molar-refractivity contribution in [2.75, 3.05) is 50.3 Å². The lowest BCUT2D eigenvalue weighted by Gasteiger charge is -2.25. The quantitative estimate of drug-likeness (QED) is 0.600. The Bertz CT molecular complexity index is 272. The van der Waals surface area contributed by atoms with Gasteiger partial charge in [-0.3, -0.25) is 0 Å². The highest BCUT2D eigenvalue weighted by Gasteiger charge is 2.12. The Morgan fingerprint density at radius 1 is 1.05 bits per heavy atom. The van der Waals surface area contributed by atoms with Gasteiger partial charge in [0.2, 0.25) is 0 Å². The first kappa shape index (κ1) is 18.3. The van der Waals surface area contributed by atoms with Crippen LogP contribution in [-0.4, -0.2) is 56.3 Å². The lowest BCUT2D eigenvalue weighted by molar-refractivity contribution is -0.132. The molecule has 0 saturated carbocycles. The lowest BCUT2D eigenvalue weighted by Crippen LogP contribution is -2.27. The Hall–Kier alpha value is 0.210. The van der Waals surface area contributed by atoms with Crippen molar-refractivity contribution in [3.63, 3.8) is 0 Å². The zero-order valence-electron chi connectivity index (χ0n) is 13.5. The Balaban J connectivity index is 2.11. The van der Waals surface area contributed by atoms with E-state index in [9.17, 15) is 4.79 Å². The maximum absolute atomic E-state index is 11.6. The molecule has 0 aromatic heterocycles. The molecule has 20 heavy (non-hydrogen) atoms. The van der Waals surface area contributed by atoms with E-state index in [1.807, 2.05) is 18.8 Å². The molecule has 1 aliphatic rings. The molecule has 1 aliphatic heterocycles. The van der Waals surface area contributed by atoms with Crippen LogP contribution in [0.2, 0.25) is 0 Å². The lowest BCUT2D eigenvalue weighted by atomic mass is 10.1. The van der Waals surface area contributed by atoms with Crippen LogP contribution in [0.25, 0.3) is 0 Å². The molecule has 0 aliphatic carbocycles. The molecule has 0 amide bonds. The first-order valence-corrected chi connectivity index (χ1v) is 12.5. The highest BCUT2D eigenvalue weighted by Crippen LogP contribution is 2.38. The molecule has 0 radical (unpaired) electrons. The smallest absolute Gasteiger partial charge is 0.330 e. The molecule has 0 aromatic carbocycles. The summed E-state index contributed by atoms with van der Waals surface area (Å²) in [6.07, 6.45) is 18.7. The minimum atomic E-state index is -1.18. The van der Waals surface area contributed by atoms with E-state index in [4.69, 9.17) is 4.18 Å². The van der Waals surface area contributed by atoms with Crippen molar-refractivity contribution in [3.05, 3.63) is 0 Å². The van der Waals surface area contributed by atoms with Crippen LogP contribution in [0.3, 0.4) is 0 Å². The van der Waals surface area contributed by atoms with E-state index >= 15 is 0 Å². The van der Waals surface area contributed by atoms with Gasteiger partial charge in [-0.1, -0.05) is 36.0 Å². The third kappa shape index (κ3) is 10.0. The summed E-state index contributed by atoms with van der Waals surface area (Å²) in [4.78, 5) is 11.6. The third-order valence-corrected chi connectivity index (χ3v) is 6.86. The van der Waals surface area contributed by atoms with Crippen LogP contribution in [0.1, 0.15) is 38.5 Å². The van der Waals surface area contributed by atoms with Crippen molar-refractivity contribution < 1.29 is 8.98 Å². The van der Waals surface area contributed by atoms with Gasteiger partial charge in [-0.25, -0.2) is 4.79 Å². The van der Waals surface area contributed by atoms with Crippen molar-refractivity contribution in [1.29, 1.82) is 0 Å². The van der Waals surface area contributed by atoms with Crippen molar-refractivity contribution >= 4 is 24.2 Å². The van der Waals surface area contributed by atoms with E-state index < -0.39 is 10.3 Å². The molecule has 0 bridgehead atoms. The molecule has 120 valence electrons. The van der Waals surface area contributed by atoms with Crippen LogP contribution < -0.4 is 5.32 Å². The van der Waals surface area contributed by atoms with Gasteiger partial charge in [-0.15, -0.1) is 7.92 Å². The van der Waals surface area contributed by atoms with Gasteiger partial charge in [-0.2, -0.15) is 0 Å². The van der Waals surface area contributed by atoms with Crippen LogP contribution in [0.15, 0.2) is 0 Å². The van der Waals surface area contributed by atoms with Crippen LogP contribution in [0.4, 0.5) is 0 Å². The van der Waals surface area contributed by atoms with Gasteiger partial charge >= 0.3 is 5.97 Å². The average molecular weight is 321 g/mol. The van der Waals surface area contributed by atoms with Gasteiger partial charge in [0, 0.05) is 0 Å². The normalized spacial score (nSPS) is 19.8. The van der Waals surface area contributed by atoms with E-state index in [2.05, 4.69) is 5.32 Å². The molecule has 0 aromatic rings. The highest BCUT2D eigenvalue weighted by molar-refractivity contribution is 8.28. The molecule has 1 N–H and O–H groups in total. The number of hydrogen-bond acceptors (Lipinski definition) is 3. The second-order valence-corrected chi connectivity index (χ2v) is 12.6. The maximum Gasteiger partial charge on any atom is 0.330 e. The summed E-state index contributed by atoms with van der Waals surface area (Å²) in [5.41, 5.74) is 0. The molecular weight excluding hydrogens is 289 g/mol. The minimum absolute atomic E-state index is 0.102. The number of nitrogens with one attached hydrogen (secondary N) is 1. The summed E-state index contributed by atoms with van der Waals surface area (Å²) in [5.74, 6) is -0.102. The SMILES string of the molecule is CS(C)(C)OC(=O)CNCCP1CCCCCCCC1. The summed E-state index contributed by atoms with van der Waals surface area (Å²) in [6.45, 7) is 1.34. The van der Waals surface area contributed by atoms with Gasteiger partial charge in [-0.05, 0) is 56.6 Å². The third-order valence-electron chi connectivity index (χ3n) is 3.42. The summed E-state index contributed by atoms with van der Waals surface area (Å²) in [7, 11) is -0.979. The topological polar surface area (TPSA) is 38.3 Å². The second kappa shape index (κ2) is 10.0. The second-order valence-electron chi connectivity index (χ2n) is 6.32. The van der Waals surface area contributed by atoms with Gasteiger partial charge in [0.15, 0.2) is 0 Å². The highest BCUT2D eigenvalue weighted by atomic mass is 32.3. The summed E-state index contributed by atoms with van der Waals surface area (Å²) < 4.78 is 5.37. The van der Waals surface area contributed by atoms with Crippen LogP contribution in [-0.2, 0) is 8.98 Å². The molecule has 5 heteroatoms. The fourth-order valence-corrected chi connectivity index (χ4v) is 5.55. The molecule has 1 rings (SSSR count). The molecule has 0 atom stereocenters. The zero-order valence-corrected chi connectivity index (χ0v) is 15.2. The Labute approximate surface area is 127 Å². The first-order valence-electron chi connectivity index (χ1n) is 7.81. The molecule has 1 heterocycles. The predicted molar refractivity (Wildman–Crippen MR) is 93.5 cm³/mol. The predicted octanol–water partition coefficient (Wildman–Crippen LogP) is 3.56.